The first-order valence-corrected chi connectivity index (χ1v) is 9.93. The third-order valence-electron chi connectivity index (χ3n) is 6.10. The van der Waals surface area contributed by atoms with Crippen molar-refractivity contribution in [3.05, 3.63) is 46.1 Å². The summed E-state index contributed by atoms with van der Waals surface area (Å²) in [7, 11) is 0. The van der Waals surface area contributed by atoms with E-state index in [1.165, 1.54) is 23.3 Å². The van der Waals surface area contributed by atoms with Gasteiger partial charge in [0.15, 0.2) is 0 Å². The van der Waals surface area contributed by atoms with Crippen LogP contribution in [0.1, 0.15) is 66.1 Å². The van der Waals surface area contributed by atoms with Gasteiger partial charge < -0.3 is 10.6 Å². The number of pyridine rings is 1. The monoisotopic (exact) mass is 355 g/mol. The number of hydrogen-bond donors (Lipinski definition) is 2. The number of thiophene rings is 1. The molecule has 2 N–H and O–H groups in total. The number of nitrogens with zero attached hydrogens (tertiary/aromatic N) is 1. The standard InChI is InChI=1S/C20H25N3OS/c1-4-20(2,3)13-5-6-14-15(11-13)25-19-16(14)18(24)22-17(23-19)12-7-9-21-10-8-12/h7-10,13,17,23H,4-6,11H2,1-3H3,(H,22,24)/t13-,17-/m1/s1. The van der Waals surface area contributed by atoms with Gasteiger partial charge in [0, 0.05) is 17.3 Å². The van der Waals surface area contributed by atoms with E-state index in [2.05, 4.69) is 36.4 Å². The van der Waals surface area contributed by atoms with Crippen molar-refractivity contribution in [2.45, 2.75) is 52.6 Å². The van der Waals surface area contributed by atoms with E-state index in [0.717, 1.165) is 29.0 Å². The molecule has 0 saturated heterocycles. The highest BCUT2D eigenvalue weighted by molar-refractivity contribution is 7.16. The molecule has 1 aliphatic carbocycles. The van der Waals surface area contributed by atoms with Gasteiger partial charge in [-0.2, -0.15) is 0 Å². The number of hydrogen-bond acceptors (Lipinski definition) is 4. The van der Waals surface area contributed by atoms with Crippen molar-refractivity contribution in [3.63, 3.8) is 0 Å². The van der Waals surface area contributed by atoms with Gasteiger partial charge in [-0.15, -0.1) is 11.3 Å². The van der Waals surface area contributed by atoms with Crippen LogP contribution in [0.2, 0.25) is 0 Å². The van der Waals surface area contributed by atoms with Gasteiger partial charge in [0.1, 0.15) is 11.2 Å². The Balaban J connectivity index is 1.64. The fourth-order valence-corrected chi connectivity index (χ4v) is 5.33. The summed E-state index contributed by atoms with van der Waals surface area (Å²) in [5.41, 5.74) is 3.56. The third kappa shape index (κ3) is 2.84. The molecule has 0 bridgehead atoms. The lowest BCUT2D eigenvalue weighted by Crippen LogP contribution is -2.38. The fourth-order valence-electron chi connectivity index (χ4n) is 3.98. The van der Waals surface area contributed by atoms with Gasteiger partial charge in [-0.1, -0.05) is 27.2 Å². The van der Waals surface area contributed by atoms with Gasteiger partial charge in [0.2, 0.25) is 0 Å². The van der Waals surface area contributed by atoms with Crippen molar-refractivity contribution < 1.29 is 4.79 Å². The predicted molar refractivity (Wildman–Crippen MR) is 102 cm³/mol. The molecular formula is C20H25N3OS. The van der Waals surface area contributed by atoms with Gasteiger partial charge in [-0.25, -0.2) is 0 Å². The molecule has 3 heterocycles. The Morgan fingerprint density at radius 3 is 2.76 bits per heavy atom. The summed E-state index contributed by atoms with van der Waals surface area (Å²) in [5, 5.41) is 7.67. The van der Waals surface area contributed by atoms with Gasteiger partial charge in [-0.3, -0.25) is 9.78 Å². The summed E-state index contributed by atoms with van der Waals surface area (Å²) in [4.78, 5) is 18.2. The van der Waals surface area contributed by atoms with E-state index in [-0.39, 0.29) is 12.1 Å². The number of fused-ring (bicyclic) bond motifs is 3. The molecule has 1 amide bonds. The van der Waals surface area contributed by atoms with Gasteiger partial charge in [0.05, 0.1) is 5.56 Å². The van der Waals surface area contributed by atoms with Crippen LogP contribution in [-0.4, -0.2) is 10.9 Å². The smallest absolute Gasteiger partial charge is 0.256 e. The molecule has 2 aromatic rings. The van der Waals surface area contributed by atoms with Crippen LogP contribution in [0.4, 0.5) is 5.00 Å². The molecule has 1 aliphatic heterocycles. The number of anilines is 1. The molecule has 2 aromatic heterocycles. The summed E-state index contributed by atoms with van der Waals surface area (Å²) < 4.78 is 0. The molecule has 0 spiro atoms. The average molecular weight is 356 g/mol. The van der Waals surface area contributed by atoms with Crippen molar-refractivity contribution in [2.24, 2.45) is 11.3 Å². The Bertz CT molecular complexity index is 797. The topological polar surface area (TPSA) is 54.0 Å². The van der Waals surface area contributed by atoms with E-state index in [1.807, 2.05) is 12.1 Å². The molecular weight excluding hydrogens is 330 g/mol. The molecule has 2 aliphatic rings. The maximum Gasteiger partial charge on any atom is 0.256 e. The second kappa shape index (κ2) is 6.13. The van der Waals surface area contributed by atoms with Crippen LogP contribution in [0.3, 0.4) is 0 Å². The SMILES string of the molecule is CCC(C)(C)[C@@H]1CCc2c(sc3c2C(=O)N[C@@H](c2ccncc2)N3)C1. The van der Waals surface area contributed by atoms with Crippen molar-refractivity contribution >= 4 is 22.2 Å². The van der Waals surface area contributed by atoms with Crippen LogP contribution < -0.4 is 10.6 Å². The number of aromatic nitrogens is 1. The van der Waals surface area contributed by atoms with E-state index < -0.39 is 0 Å². The lowest BCUT2D eigenvalue weighted by Gasteiger charge is -2.36. The van der Waals surface area contributed by atoms with Gasteiger partial charge in [0.25, 0.3) is 5.91 Å². The zero-order valence-corrected chi connectivity index (χ0v) is 15.9. The summed E-state index contributed by atoms with van der Waals surface area (Å²) in [6, 6.07) is 3.88. The van der Waals surface area contributed by atoms with Gasteiger partial charge >= 0.3 is 0 Å². The molecule has 0 aromatic carbocycles. The van der Waals surface area contributed by atoms with Crippen molar-refractivity contribution in [1.29, 1.82) is 0 Å². The first-order chi connectivity index (χ1) is 12.0. The molecule has 0 fully saturated rings. The number of carbonyl (C=O) groups excluding carboxylic acids is 1. The molecule has 25 heavy (non-hydrogen) atoms. The maximum absolute atomic E-state index is 12.8. The predicted octanol–water partition coefficient (Wildman–Crippen LogP) is 4.54. The molecule has 0 saturated carbocycles. The zero-order valence-electron chi connectivity index (χ0n) is 15.1. The quantitative estimate of drug-likeness (QED) is 0.850. The lowest BCUT2D eigenvalue weighted by molar-refractivity contribution is 0.0934. The number of nitrogens with one attached hydrogen (secondary N) is 2. The second-order valence-corrected chi connectivity index (χ2v) is 8.93. The summed E-state index contributed by atoms with van der Waals surface area (Å²) in [6.45, 7) is 7.03. The normalized spacial score (nSPS) is 22.6. The molecule has 5 heteroatoms. The van der Waals surface area contributed by atoms with Crippen molar-refractivity contribution in [3.8, 4) is 0 Å². The highest BCUT2D eigenvalue weighted by atomic mass is 32.1. The Labute approximate surface area is 153 Å². The van der Waals surface area contributed by atoms with Crippen LogP contribution in [0.5, 0.6) is 0 Å². The largest absolute Gasteiger partial charge is 0.353 e. The van der Waals surface area contributed by atoms with Crippen LogP contribution >= 0.6 is 11.3 Å². The highest BCUT2D eigenvalue weighted by Gasteiger charge is 2.37. The van der Waals surface area contributed by atoms with Crippen LogP contribution in [0.15, 0.2) is 24.5 Å². The molecule has 4 nitrogen and oxygen atoms in total. The van der Waals surface area contributed by atoms with E-state index in [4.69, 9.17) is 0 Å². The summed E-state index contributed by atoms with van der Waals surface area (Å²) in [6.07, 6.45) is 7.84. The van der Waals surface area contributed by atoms with E-state index in [1.54, 1.807) is 23.7 Å². The molecule has 4 rings (SSSR count). The fraction of sp³-hybridized carbons (Fsp3) is 0.500. The Hall–Kier alpha value is -1.88. The minimum atomic E-state index is -0.175. The van der Waals surface area contributed by atoms with Crippen LogP contribution in [0, 0.1) is 11.3 Å². The molecule has 2 atom stereocenters. The highest BCUT2D eigenvalue weighted by Crippen LogP contribution is 2.46. The first-order valence-electron chi connectivity index (χ1n) is 9.11. The third-order valence-corrected chi connectivity index (χ3v) is 7.28. The first kappa shape index (κ1) is 16.6. The summed E-state index contributed by atoms with van der Waals surface area (Å²) in [5.74, 6) is 0.755. The second-order valence-electron chi connectivity index (χ2n) is 7.82. The zero-order chi connectivity index (χ0) is 17.6. The Kier molecular flexibility index (Phi) is 4.07. The lowest BCUT2D eigenvalue weighted by atomic mass is 9.69. The molecule has 0 unspecified atom stereocenters. The van der Waals surface area contributed by atoms with Crippen molar-refractivity contribution in [2.75, 3.05) is 5.32 Å². The van der Waals surface area contributed by atoms with Crippen LogP contribution in [0.25, 0.3) is 0 Å². The van der Waals surface area contributed by atoms with Gasteiger partial charge in [-0.05, 0) is 53.9 Å². The molecule has 132 valence electrons. The summed E-state index contributed by atoms with van der Waals surface area (Å²) >= 11 is 1.78. The maximum atomic E-state index is 12.8. The Morgan fingerprint density at radius 2 is 2.04 bits per heavy atom. The Morgan fingerprint density at radius 1 is 1.28 bits per heavy atom. The number of carbonyl (C=O) groups is 1. The average Bonchev–Trinajstić information content (AvgIpc) is 3.00. The van der Waals surface area contributed by atoms with Crippen LogP contribution in [-0.2, 0) is 12.8 Å². The van der Waals surface area contributed by atoms with E-state index in [9.17, 15) is 4.79 Å². The minimum absolute atomic E-state index is 0.0567. The van der Waals surface area contributed by atoms with E-state index >= 15 is 0 Å². The number of amides is 1. The van der Waals surface area contributed by atoms with E-state index in [0.29, 0.717) is 11.3 Å². The minimum Gasteiger partial charge on any atom is -0.353 e. The van der Waals surface area contributed by atoms with Crippen molar-refractivity contribution in [1.82, 2.24) is 10.3 Å². The molecule has 0 radical (unpaired) electrons. The number of rotatable bonds is 3.